The minimum absolute atomic E-state index is 0.178. The summed E-state index contributed by atoms with van der Waals surface area (Å²) in [5.74, 6) is 2.89. The number of hydrogen-bond donors (Lipinski definition) is 1. The summed E-state index contributed by atoms with van der Waals surface area (Å²) >= 11 is 0. The second-order valence-corrected chi connectivity index (χ2v) is 6.69. The fourth-order valence-corrected chi connectivity index (χ4v) is 3.05. The van der Waals surface area contributed by atoms with Gasteiger partial charge in [-0.1, -0.05) is 12.1 Å². The Morgan fingerprint density at radius 2 is 2.13 bits per heavy atom. The number of aromatic nitrogens is 3. The molecule has 2 aliphatic carbocycles. The Kier molecular flexibility index (Phi) is 3.62. The van der Waals surface area contributed by atoms with Gasteiger partial charge in [-0.2, -0.15) is 5.26 Å². The molecule has 1 aromatic carbocycles. The van der Waals surface area contributed by atoms with Crippen LogP contribution in [0.25, 0.3) is 0 Å². The van der Waals surface area contributed by atoms with Gasteiger partial charge in [-0.05, 0) is 50.3 Å². The molecule has 2 saturated carbocycles. The van der Waals surface area contributed by atoms with Crippen LogP contribution in [0.5, 0.6) is 0 Å². The zero-order chi connectivity index (χ0) is 15.8. The number of nitrogens with one attached hydrogen (secondary N) is 1. The lowest BCUT2D eigenvalue weighted by atomic mass is 10.1. The van der Waals surface area contributed by atoms with E-state index in [4.69, 9.17) is 5.26 Å². The van der Waals surface area contributed by atoms with E-state index in [2.05, 4.69) is 39.1 Å². The number of rotatable bonds is 6. The number of benzene rings is 1. The maximum Gasteiger partial charge on any atom is 0.147 e. The van der Waals surface area contributed by atoms with Crippen LogP contribution < -0.4 is 5.32 Å². The van der Waals surface area contributed by atoms with E-state index in [0.29, 0.717) is 24.1 Å². The largest absolute Gasteiger partial charge is 0.311 e. The molecule has 1 atom stereocenters. The van der Waals surface area contributed by atoms with E-state index in [1.54, 1.807) is 0 Å². The Labute approximate surface area is 136 Å². The summed E-state index contributed by atoms with van der Waals surface area (Å²) in [4.78, 5) is 0. The smallest absolute Gasteiger partial charge is 0.147 e. The van der Waals surface area contributed by atoms with Crippen molar-refractivity contribution in [3.05, 3.63) is 47.0 Å². The molecule has 4 rings (SSSR count). The maximum atomic E-state index is 9.02. The Morgan fingerprint density at radius 1 is 1.30 bits per heavy atom. The molecule has 2 aliphatic rings. The molecule has 0 aliphatic heterocycles. The molecular weight excluding hydrogens is 286 g/mol. The lowest BCUT2D eigenvalue weighted by Crippen LogP contribution is -2.21. The molecule has 0 bridgehead atoms. The van der Waals surface area contributed by atoms with Gasteiger partial charge < -0.3 is 9.88 Å². The van der Waals surface area contributed by atoms with Crippen LogP contribution in [-0.2, 0) is 6.54 Å². The Hall–Kier alpha value is -2.19. The van der Waals surface area contributed by atoms with Crippen LogP contribution in [0.4, 0.5) is 0 Å². The highest BCUT2D eigenvalue weighted by Gasteiger charge is 2.36. The first-order chi connectivity index (χ1) is 11.3. The van der Waals surface area contributed by atoms with Crippen LogP contribution >= 0.6 is 0 Å². The van der Waals surface area contributed by atoms with Crippen molar-refractivity contribution in [2.24, 2.45) is 0 Å². The molecule has 0 amide bonds. The number of nitrogens with zero attached hydrogens (tertiary/aromatic N) is 4. The maximum absolute atomic E-state index is 9.02. The third-order valence-corrected chi connectivity index (χ3v) is 4.73. The molecule has 0 saturated heterocycles. The first-order valence-corrected chi connectivity index (χ1v) is 8.43. The zero-order valence-corrected chi connectivity index (χ0v) is 13.4. The highest BCUT2D eigenvalue weighted by Crippen LogP contribution is 2.44. The third kappa shape index (κ3) is 2.99. The van der Waals surface area contributed by atoms with Crippen molar-refractivity contribution in [2.45, 2.75) is 57.2 Å². The molecule has 0 radical (unpaired) electrons. The SMILES string of the molecule is C[C@@H](NCc1nnc(C2CC2)n1C1CC1)c1cccc(C#N)c1. The zero-order valence-electron chi connectivity index (χ0n) is 13.4. The van der Waals surface area contributed by atoms with Gasteiger partial charge in [0.25, 0.3) is 0 Å². The second-order valence-electron chi connectivity index (χ2n) is 6.69. The van der Waals surface area contributed by atoms with E-state index in [-0.39, 0.29) is 6.04 Å². The van der Waals surface area contributed by atoms with Gasteiger partial charge in [0, 0.05) is 18.0 Å². The second kappa shape index (κ2) is 5.78. The molecule has 2 aromatic rings. The van der Waals surface area contributed by atoms with Gasteiger partial charge in [-0.15, -0.1) is 10.2 Å². The van der Waals surface area contributed by atoms with Crippen LogP contribution in [0.2, 0.25) is 0 Å². The van der Waals surface area contributed by atoms with Crippen LogP contribution in [-0.4, -0.2) is 14.8 Å². The molecule has 5 nitrogen and oxygen atoms in total. The molecule has 23 heavy (non-hydrogen) atoms. The van der Waals surface area contributed by atoms with Gasteiger partial charge in [0.2, 0.25) is 0 Å². The van der Waals surface area contributed by atoms with Crippen molar-refractivity contribution in [3.63, 3.8) is 0 Å². The minimum Gasteiger partial charge on any atom is -0.311 e. The first kappa shape index (κ1) is 14.4. The highest BCUT2D eigenvalue weighted by molar-refractivity contribution is 5.34. The van der Waals surface area contributed by atoms with Gasteiger partial charge in [0.05, 0.1) is 18.2 Å². The summed E-state index contributed by atoms with van der Waals surface area (Å²) < 4.78 is 2.38. The van der Waals surface area contributed by atoms with Gasteiger partial charge in [0.15, 0.2) is 0 Å². The summed E-state index contributed by atoms with van der Waals surface area (Å²) in [7, 11) is 0. The normalized spacial score (nSPS) is 18.6. The third-order valence-electron chi connectivity index (χ3n) is 4.73. The van der Waals surface area contributed by atoms with Crippen molar-refractivity contribution in [3.8, 4) is 6.07 Å². The van der Waals surface area contributed by atoms with E-state index in [1.165, 1.54) is 31.5 Å². The van der Waals surface area contributed by atoms with E-state index in [9.17, 15) is 0 Å². The minimum atomic E-state index is 0.178. The number of nitriles is 1. The predicted molar refractivity (Wildman–Crippen MR) is 86.7 cm³/mol. The van der Waals surface area contributed by atoms with Crippen molar-refractivity contribution in [2.75, 3.05) is 0 Å². The van der Waals surface area contributed by atoms with Gasteiger partial charge in [-0.3, -0.25) is 0 Å². The average Bonchev–Trinajstić information content (AvgIpc) is 3.51. The van der Waals surface area contributed by atoms with Gasteiger partial charge in [-0.25, -0.2) is 0 Å². The summed E-state index contributed by atoms with van der Waals surface area (Å²) in [6.45, 7) is 2.84. The van der Waals surface area contributed by atoms with Crippen molar-refractivity contribution < 1.29 is 0 Å². The molecule has 1 aromatic heterocycles. The van der Waals surface area contributed by atoms with Crippen molar-refractivity contribution in [1.29, 1.82) is 5.26 Å². The molecule has 5 heteroatoms. The van der Waals surface area contributed by atoms with Crippen LogP contribution in [0, 0.1) is 11.3 Å². The van der Waals surface area contributed by atoms with Crippen molar-refractivity contribution in [1.82, 2.24) is 20.1 Å². The lowest BCUT2D eigenvalue weighted by Gasteiger charge is -2.15. The molecule has 118 valence electrons. The fourth-order valence-electron chi connectivity index (χ4n) is 3.05. The highest BCUT2D eigenvalue weighted by atomic mass is 15.3. The summed E-state index contributed by atoms with van der Waals surface area (Å²) in [5.41, 5.74) is 1.83. The lowest BCUT2D eigenvalue weighted by molar-refractivity contribution is 0.532. The Morgan fingerprint density at radius 3 is 2.83 bits per heavy atom. The summed E-state index contributed by atoms with van der Waals surface area (Å²) in [5, 5.41) is 21.4. The molecule has 0 unspecified atom stereocenters. The van der Waals surface area contributed by atoms with E-state index in [1.807, 2.05) is 18.2 Å². The molecule has 1 heterocycles. The van der Waals surface area contributed by atoms with Crippen LogP contribution in [0.15, 0.2) is 24.3 Å². The average molecular weight is 307 g/mol. The molecule has 1 N–H and O–H groups in total. The molecule has 0 spiro atoms. The Balaban J connectivity index is 1.47. The standard InChI is InChI=1S/C18H21N5/c1-12(15-4-2-3-13(9-15)10-19)20-11-17-21-22-18(14-5-6-14)23(17)16-7-8-16/h2-4,9,12,14,16,20H,5-8,11H2,1H3/t12-/m1/s1. The van der Waals surface area contributed by atoms with Crippen LogP contribution in [0.3, 0.4) is 0 Å². The van der Waals surface area contributed by atoms with Crippen LogP contribution in [0.1, 0.15) is 73.4 Å². The Bertz CT molecular complexity index is 749. The topological polar surface area (TPSA) is 66.5 Å². The monoisotopic (exact) mass is 307 g/mol. The van der Waals surface area contributed by atoms with Gasteiger partial charge >= 0.3 is 0 Å². The summed E-state index contributed by atoms with van der Waals surface area (Å²) in [6.07, 6.45) is 5.03. The van der Waals surface area contributed by atoms with E-state index < -0.39 is 0 Å². The number of hydrogen-bond acceptors (Lipinski definition) is 4. The summed E-state index contributed by atoms with van der Waals surface area (Å²) in [6, 6.07) is 10.8. The van der Waals surface area contributed by atoms with Crippen molar-refractivity contribution >= 4 is 0 Å². The molecule has 2 fully saturated rings. The predicted octanol–water partition coefficient (Wildman–Crippen LogP) is 3.21. The van der Waals surface area contributed by atoms with E-state index in [0.717, 1.165) is 11.4 Å². The fraction of sp³-hybridized carbons (Fsp3) is 0.500. The van der Waals surface area contributed by atoms with E-state index >= 15 is 0 Å². The van der Waals surface area contributed by atoms with Gasteiger partial charge in [0.1, 0.15) is 11.6 Å². The quantitative estimate of drug-likeness (QED) is 0.890. The first-order valence-electron chi connectivity index (χ1n) is 8.43. The molecular formula is C18H21N5.